The predicted molar refractivity (Wildman–Crippen MR) is 155 cm³/mol. The van der Waals surface area contributed by atoms with Crippen molar-refractivity contribution in [3.8, 4) is 5.75 Å². The Kier molecular flexibility index (Phi) is 13.2. The molecule has 1 unspecified atom stereocenters. The lowest BCUT2D eigenvalue weighted by atomic mass is 9.96. The highest BCUT2D eigenvalue weighted by Crippen LogP contribution is 2.28. The van der Waals surface area contributed by atoms with Crippen molar-refractivity contribution in [3.63, 3.8) is 0 Å². The van der Waals surface area contributed by atoms with E-state index in [2.05, 4.69) is 11.3 Å². The number of hydrogen-bond donors (Lipinski definition) is 1. The fourth-order valence-corrected chi connectivity index (χ4v) is 4.62. The van der Waals surface area contributed by atoms with Crippen molar-refractivity contribution >= 4 is 31.6 Å². The first-order valence-corrected chi connectivity index (χ1v) is 17.2. The molecule has 244 valence electrons. The largest absolute Gasteiger partial charge is 0.573 e. The van der Waals surface area contributed by atoms with Crippen LogP contribution in [0.2, 0.25) is 0 Å². The topological polar surface area (TPSA) is 154 Å². The van der Waals surface area contributed by atoms with Crippen LogP contribution in [0.25, 0.3) is 0 Å². The molecule has 0 saturated carbocycles. The maximum atomic E-state index is 13.3. The van der Waals surface area contributed by atoms with Gasteiger partial charge in [-0.15, -0.1) is 19.8 Å². The fraction of sp³-hybridized carbons (Fsp3) is 0.429. The Bertz CT molecular complexity index is 1510. The smallest absolute Gasteiger partial charge is 0.461 e. The number of sulfone groups is 2. The van der Waals surface area contributed by atoms with E-state index in [0.717, 1.165) is 24.6 Å². The molecular formula is C28H34F3NO10S2. The second kappa shape index (κ2) is 15.9. The first-order valence-electron chi connectivity index (χ1n) is 13.1. The van der Waals surface area contributed by atoms with Crippen LogP contribution in [0.5, 0.6) is 5.75 Å². The third-order valence-corrected chi connectivity index (χ3v) is 7.68. The van der Waals surface area contributed by atoms with E-state index in [1.165, 1.54) is 35.4 Å². The second-order valence-corrected chi connectivity index (χ2v) is 14.3. The van der Waals surface area contributed by atoms with E-state index in [9.17, 15) is 44.7 Å². The van der Waals surface area contributed by atoms with Gasteiger partial charge in [0.05, 0.1) is 28.7 Å². The van der Waals surface area contributed by atoms with Crippen LogP contribution in [-0.4, -0.2) is 95.0 Å². The molecule has 0 bridgehead atoms. The lowest BCUT2D eigenvalue weighted by molar-refractivity contribution is -0.274. The van der Waals surface area contributed by atoms with Gasteiger partial charge >= 0.3 is 18.3 Å². The second-order valence-electron chi connectivity index (χ2n) is 9.79. The van der Waals surface area contributed by atoms with E-state index in [-0.39, 0.29) is 31.6 Å². The van der Waals surface area contributed by atoms with Crippen LogP contribution in [-0.2, 0) is 45.3 Å². The molecule has 1 N–H and O–H groups in total. The first kappa shape index (κ1) is 36.6. The molecule has 0 amide bonds. The van der Waals surface area contributed by atoms with Crippen molar-refractivity contribution in [3.05, 3.63) is 77.6 Å². The summed E-state index contributed by atoms with van der Waals surface area (Å²) in [6, 6.07) is 4.38. The van der Waals surface area contributed by atoms with E-state index >= 15 is 0 Å². The molecule has 11 nitrogen and oxygen atoms in total. The van der Waals surface area contributed by atoms with Gasteiger partial charge in [-0.25, -0.2) is 26.4 Å². The van der Waals surface area contributed by atoms with E-state index in [0.29, 0.717) is 11.1 Å². The molecule has 1 aliphatic rings. The maximum absolute atomic E-state index is 13.3. The number of esters is 2. The Morgan fingerprint density at radius 2 is 1.61 bits per heavy atom. The van der Waals surface area contributed by atoms with Crippen LogP contribution >= 0.6 is 0 Å². The van der Waals surface area contributed by atoms with Crippen molar-refractivity contribution in [2.75, 3.05) is 43.8 Å². The zero-order chi connectivity index (χ0) is 33.1. The molecule has 1 aliphatic heterocycles. The van der Waals surface area contributed by atoms with Crippen LogP contribution in [0, 0.1) is 0 Å². The Hall–Kier alpha value is -3.63. The summed E-state index contributed by atoms with van der Waals surface area (Å²) in [5.41, 5.74) is 0.000189. The van der Waals surface area contributed by atoms with Gasteiger partial charge in [0.1, 0.15) is 19.0 Å². The summed E-state index contributed by atoms with van der Waals surface area (Å²) >= 11 is 0. The number of ether oxygens (including phenoxy) is 3. The average Bonchev–Trinajstić information content (AvgIpc) is 2.87. The van der Waals surface area contributed by atoms with Gasteiger partial charge in [0.2, 0.25) is 0 Å². The first-order chi connectivity index (χ1) is 20.4. The zero-order valence-corrected chi connectivity index (χ0v) is 25.7. The number of allylic oxidation sites excluding steroid dienone is 2. The lowest BCUT2D eigenvalue weighted by Gasteiger charge is -2.30. The molecule has 1 aromatic carbocycles. The number of hydrogen-bond acceptors (Lipinski definition) is 11. The maximum Gasteiger partial charge on any atom is 0.573 e. The van der Waals surface area contributed by atoms with Gasteiger partial charge < -0.3 is 24.2 Å². The number of aliphatic hydroxyl groups is 1. The van der Waals surface area contributed by atoms with Crippen LogP contribution in [0.15, 0.2) is 72.0 Å². The molecule has 0 radical (unpaired) electrons. The summed E-state index contributed by atoms with van der Waals surface area (Å²) in [6.45, 7) is 2.36. The van der Waals surface area contributed by atoms with Crippen molar-refractivity contribution in [1.82, 2.24) is 4.90 Å². The van der Waals surface area contributed by atoms with Gasteiger partial charge in [0.15, 0.2) is 19.7 Å². The highest BCUT2D eigenvalue weighted by molar-refractivity contribution is 7.90. The summed E-state index contributed by atoms with van der Waals surface area (Å²) in [5.74, 6) is -3.72. The third kappa shape index (κ3) is 13.3. The molecule has 0 aromatic heterocycles. The van der Waals surface area contributed by atoms with Crippen LogP contribution in [0.3, 0.4) is 0 Å². The number of nitrogens with zero attached hydrogens (tertiary/aromatic N) is 1. The number of halogens is 3. The molecule has 44 heavy (non-hydrogen) atoms. The van der Waals surface area contributed by atoms with E-state index < -0.39 is 80.1 Å². The van der Waals surface area contributed by atoms with Gasteiger partial charge in [-0.2, -0.15) is 0 Å². The fourth-order valence-electron chi connectivity index (χ4n) is 3.85. The molecule has 1 heterocycles. The van der Waals surface area contributed by atoms with Gasteiger partial charge in [-0.3, -0.25) is 0 Å². The molecule has 0 spiro atoms. The van der Waals surface area contributed by atoms with Crippen LogP contribution < -0.4 is 4.74 Å². The molecule has 0 aliphatic carbocycles. The third-order valence-electron chi connectivity index (χ3n) is 5.86. The van der Waals surface area contributed by atoms with Crippen molar-refractivity contribution in [1.29, 1.82) is 0 Å². The summed E-state index contributed by atoms with van der Waals surface area (Å²) < 4.78 is 99.1. The Balaban J connectivity index is 2.65. The molecule has 16 heteroatoms. The molecule has 1 aromatic rings. The number of alkyl halides is 3. The van der Waals surface area contributed by atoms with Gasteiger partial charge in [0, 0.05) is 31.9 Å². The van der Waals surface area contributed by atoms with Gasteiger partial charge in [-0.05, 0) is 42.2 Å². The predicted octanol–water partition coefficient (Wildman–Crippen LogP) is 2.64. The van der Waals surface area contributed by atoms with Crippen molar-refractivity contribution in [2.24, 2.45) is 0 Å². The zero-order valence-electron chi connectivity index (χ0n) is 24.1. The van der Waals surface area contributed by atoms with E-state index in [1.807, 2.05) is 0 Å². The Labute approximate surface area is 254 Å². The molecular weight excluding hydrogens is 631 g/mol. The van der Waals surface area contributed by atoms with E-state index in [1.54, 1.807) is 6.08 Å². The van der Waals surface area contributed by atoms with E-state index in [4.69, 9.17) is 9.47 Å². The van der Waals surface area contributed by atoms with Crippen LogP contribution in [0.4, 0.5) is 13.2 Å². The number of carbonyl (C=O) groups excluding carboxylic acids is 2. The molecule has 0 saturated heterocycles. The molecule has 2 rings (SSSR count). The Morgan fingerprint density at radius 1 is 1.02 bits per heavy atom. The van der Waals surface area contributed by atoms with Crippen LogP contribution in [0.1, 0.15) is 18.4 Å². The van der Waals surface area contributed by atoms with Crippen molar-refractivity contribution in [2.45, 2.75) is 31.8 Å². The average molecular weight is 666 g/mol. The SMILES string of the molecule is C=CC1C=C(CCCO)C=C(C(=O)OCCS(C)(=O)=O)C(C(=O)OCCS(C)(=O)=O)=CN1Cc1cccc(OC(F)(F)F)c1. The Morgan fingerprint density at radius 3 is 2.14 bits per heavy atom. The molecule has 1 atom stereocenters. The van der Waals surface area contributed by atoms with Crippen molar-refractivity contribution < 1.29 is 58.9 Å². The standard InChI is InChI=1S/C28H34F3NO10S2/c1-4-22-15-20(8-6-10-33)17-24(26(34)40-11-13-43(2,36)37)25(27(35)41-12-14-44(3,38)39)19-32(22)18-21-7-5-9-23(16-21)42-28(29,30)31/h4-5,7,9,15-17,19,22,33H,1,6,8,10-14,18H2,2-3H3. The highest BCUT2D eigenvalue weighted by Gasteiger charge is 2.32. The van der Waals surface area contributed by atoms with Gasteiger partial charge in [-0.1, -0.05) is 24.3 Å². The molecule has 0 fully saturated rings. The summed E-state index contributed by atoms with van der Waals surface area (Å²) in [6.07, 6.45) is 3.05. The van der Waals surface area contributed by atoms with Gasteiger partial charge in [0.25, 0.3) is 0 Å². The normalized spacial score (nSPS) is 16.1. The quantitative estimate of drug-likeness (QED) is 0.217. The summed E-state index contributed by atoms with van der Waals surface area (Å²) in [5, 5.41) is 9.42. The monoisotopic (exact) mass is 665 g/mol. The lowest BCUT2D eigenvalue weighted by Crippen LogP contribution is -2.31. The number of carbonyl (C=O) groups is 2. The highest BCUT2D eigenvalue weighted by atomic mass is 32.2. The summed E-state index contributed by atoms with van der Waals surface area (Å²) in [7, 11) is -7.04. The summed E-state index contributed by atoms with van der Waals surface area (Å²) in [4.78, 5) is 28.1. The number of benzene rings is 1. The minimum absolute atomic E-state index is 0.133. The number of rotatable bonds is 15. The number of aliphatic hydroxyl groups excluding tert-OH is 1. The minimum Gasteiger partial charge on any atom is -0.461 e. The minimum atomic E-state index is -4.94.